The van der Waals surface area contributed by atoms with Crippen LogP contribution in [-0.2, 0) is 14.2 Å². The van der Waals surface area contributed by atoms with Gasteiger partial charge in [-0.05, 0) is 32.0 Å². The van der Waals surface area contributed by atoms with Gasteiger partial charge in [-0.3, -0.25) is 0 Å². The van der Waals surface area contributed by atoms with E-state index in [-0.39, 0.29) is 6.61 Å². The van der Waals surface area contributed by atoms with Crippen molar-refractivity contribution in [2.45, 2.75) is 20.1 Å². The maximum Gasteiger partial charge on any atom is 0.341 e. The van der Waals surface area contributed by atoms with Gasteiger partial charge in [-0.15, -0.1) is 0 Å². The Labute approximate surface area is 123 Å². The first-order valence-electron chi connectivity index (χ1n) is 6.36. The van der Waals surface area contributed by atoms with Gasteiger partial charge in [0.25, 0.3) is 0 Å². The third-order valence-electron chi connectivity index (χ3n) is 2.43. The summed E-state index contributed by atoms with van der Waals surface area (Å²) in [6.45, 7) is 4.91. The number of ether oxygens (including phenoxy) is 4. The molecule has 1 aromatic carbocycles. The fourth-order valence-corrected chi connectivity index (χ4v) is 1.73. The second-order valence-electron chi connectivity index (χ2n) is 3.78. The smallest absolute Gasteiger partial charge is 0.341 e. The summed E-state index contributed by atoms with van der Waals surface area (Å²) < 4.78 is 21.0. The van der Waals surface area contributed by atoms with Crippen molar-refractivity contribution in [3.05, 3.63) is 28.8 Å². The number of benzene rings is 1. The zero-order valence-electron chi connectivity index (χ0n) is 11.8. The van der Waals surface area contributed by atoms with Crippen molar-refractivity contribution < 1.29 is 23.7 Å². The molecule has 1 rings (SSSR count). The van der Waals surface area contributed by atoms with Gasteiger partial charge in [-0.2, -0.15) is 0 Å². The molecule has 0 N–H and O–H groups in total. The number of halogens is 1. The van der Waals surface area contributed by atoms with Crippen LogP contribution in [0.5, 0.6) is 5.75 Å². The number of carbonyl (C=O) groups is 1. The summed E-state index contributed by atoms with van der Waals surface area (Å²) in [6.07, 6.45) is -0.491. The van der Waals surface area contributed by atoms with E-state index in [0.29, 0.717) is 29.5 Å². The highest BCUT2D eigenvalue weighted by atomic mass is 35.5. The molecule has 0 unspecified atom stereocenters. The van der Waals surface area contributed by atoms with Gasteiger partial charge in [0.1, 0.15) is 17.9 Å². The molecule has 0 saturated heterocycles. The van der Waals surface area contributed by atoms with Crippen LogP contribution in [0.4, 0.5) is 0 Å². The molecule has 1 aromatic rings. The third kappa shape index (κ3) is 5.00. The highest BCUT2D eigenvalue weighted by molar-refractivity contribution is 6.30. The molecule has 0 atom stereocenters. The second-order valence-corrected chi connectivity index (χ2v) is 4.22. The Hall–Kier alpha value is -1.30. The first kappa shape index (κ1) is 16.8. The van der Waals surface area contributed by atoms with Crippen LogP contribution in [-0.4, -0.2) is 39.2 Å². The molecule has 0 spiro atoms. The van der Waals surface area contributed by atoms with Gasteiger partial charge in [0, 0.05) is 18.2 Å². The minimum absolute atomic E-state index is 0.159. The summed E-state index contributed by atoms with van der Waals surface area (Å²) in [5.41, 5.74) is 0.309. The number of hydrogen-bond acceptors (Lipinski definition) is 5. The lowest BCUT2D eigenvalue weighted by atomic mass is 10.2. The SMILES string of the molecule is CCOC(COc1cc(Cl)ccc1C(=O)OC)OCC. The molecule has 0 aliphatic heterocycles. The Morgan fingerprint density at radius 3 is 2.45 bits per heavy atom. The second kappa shape index (κ2) is 8.79. The van der Waals surface area contributed by atoms with Crippen LogP contribution >= 0.6 is 11.6 Å². The number of carbonyl (C=O) groups excluding carboxylic acids is 1. The van der Waals surface area contributed by atoms with E-state index >= 15 is 0 Å². The van der Waals surface area contributed by atoms with Gasteiger partial charge < -0.3 is 18.9 Å². The van der Waals surface area contributed by atoms with Crippen LogP contribution < -0.4 is 4.74 Å². The monoisotopic (exact) mass is 302 g/mol. The topological polar surface area (TPSA) is 54.0 Å². The van der Waals surface area contributed by atoms with E-state index in [1.165, 1.54) is 7.11 Å². The summed E-state index contributed by atoms with van der Waals surface area (Å²) in [6, 6.07) is 4.71. The Morgan fingerprint density at radius 2 is 1.90 bits per heavy atom. The molecule has 0 aromatic heterocycles. The molecule has 0 amide bonds. The fraction of sp³-hybridized carbons (Fsp3) is 0.500. The molecule has 6 heteroatoms. The van der Waals surface area contributed by atoms with E-state index in [9.17, 15) is 4.79 Å². The van der Waals surface area contributed by atoms with Crippen molar-refractivity contribution in [1.82, 2.24) is 0 Å². The van der Waals surface area contributed by atoms with E-state index in [1.807, 2.05) is 13.8 Å². The van der Waals surface area contributed by atoms with E-state index < -0.39 is 12.3 Å². The quantitative estimate of drug-likeness (QED) is 0.546. The van der Waals surface area contributed by atoms with Crippen molar-refractivity contribution in [1.29, 1.82) is 0 Å². The van der Waals surface area contributed by atoms with E-state index in [1.54, 1.807) is 18.2 Å². The third-order valence-corrected chi connectivity index (χ3v) is 2.66. The zero-order chi connectivity index (χ0) is 15.0. The van der Waals surface area contributed by atoms with Crippen molar-refractivity contribution in [2.24, 2.45) is 0 Å². The van der Waals surface area contributed by atoms with Gasteiger partial charge in [0.2, 0.25) is 0 Å². The summed E-state index contributed by atoms with van der Waals surface area (Å²) in [5, 5.41) is 0.469. The molecular weight excluding hydrogens is 284 g/mol. The first-order chi connectivity index (χ1) is 9.62. The Morgan fingerprint density at radius 1 is 1.25 bits per heavy atom. The molecule has 0 fully saturated rings. The summed E-state index contributed by atoms with van der Waals surface area (Å²) in [5.74, 6) is -0.144. The Balaban J connectivity index is 2.79. The molecule has 0 aliphatic carbocycles. The van der Waals surface area contributed by atoms with E-state index in [4.69, 9.17) is 30.5 Å². The zero-order valence-corrected chi connectivity index (χ0v) is 12.6. The van der Waals surface area contributed by atoms with Gasteiger partial charge in [0.15, 0.2) is 6.29 Å². The predicted octanol–water partition coefficient (Wildman–Crippen LogP) is 2.90. The Kier molecular flexibility index (Phi) is 7.36. The van der Waals surface area contributed by atoms with Crippen molar-refractivity contribution in [2.75, 3.05) is 26.9 Å². The lowest BCUT2D eigenvalue weighted by molar-refractivity contribution is -0.152. The lowest BCUT2D eigenvalue weighted by Crippen LogP contribution is -2.25. The Bertz CT molecular complexity index is 430. The first-order valence-corrected chi connectivity index (χ1v) is 6.74. The van der Waals surface area contributed by atoms with Gasteiger partial charge in [-0.1, -0.05) is 11.6 Å². The molecule has 0 heterocycles. The van der Waals surface area contributed by atoms with Gasteiger partial charge in [0.05, 0.1) is 7.11 Å². The van der Waals surface area contributed by atoms with Crippen molar-refractivity contribution in [3.8, 4) is 5.75 Å². The van der Waals surface area contributed by atoms with Crippen LogP contribution in [0.1, 0.15) is 24.2 Å². The van der Waals surface area contributed by atoms with Crippen LogP contribution in [0.15, 0.2) is 18.2 Å². The summed E-state index contributed by atoms with van der Waals surface area (Å²) >= 11 is 5.91. The summed E-state index contributed by atoms with van der Waals surface area (Å²) in [4.78, 5) is 11.6. The molecule has 0 bridgehead atoms. The number of methoxy groups -OCH3 is 1. The number of esters is 1. The van der Waals surface area contributed by atoms with Crippen LogP contribution in [0.25, 0.3) is 0 Å². The standard InChI is InChI=1S/C14H19ClO5/c1-4-18-13(19-5-2)9-20-12-8-10(15)6-7-11(12)14(16)17-3/h6-8,13H,4-5,9H2,1-3H3. The highest BCUT2D eigenvalue weighted by Gasteiger charge is 2.16. The fourth-order valence-electron chi connectivity index (χ4n) is 1.57. The van der Waals surface area contributed by atoms with Crippen molar-refractivity contribution >= 4 is 17.6 Å². The lowest BCUT2D eigenvalue weighted by Gasteiger charge is -2.18. The molecule has 0 aliphatic rings. The van der Waals surface area contributed by atoms with E-state index in [2.05, 4.69) is 0 Å². The molecule has 0 saturated carbocycles. The van der Waals surface area contributed by atoms with Crippen LogP contribution in [0.2, 0.25) is 5.02 Å². The van der Waals surface area contributed by atoms with Crippen molar-refractivity contribution in [3.63, 3.8) is 0 Å². The molecule has 112 valence electrons. The normalized spacial score (nSPS) is 10.7. The number of rotatable bonds is 8. The van der Waals surface area contributed by atoms with Gasteiger partial charge in [-0.25, -0.2) is 4.79 Å². The van der Waals surface area contributed by atoms with Crippen LogP contribution in [0.3, 0.4) is 0 Å². The highest BCUT2D eigenvalue weighted by Crippen LogP contribution is 2.24. The minimum Gasteiger partial charge on any atom is -0.487 e. The van der Waals surface area contributed by atoms with Gasteiger partial charge >= 0.3 is 5.97 Å². The molecule has 5 nitrogen and oxygen atoms in total. The average Bonchev–Trinajstić information content (AvgIpc) is 2.44. The minimum atomic E-state index is -0.491. The molecule has 20 heavy (non-hydrogen) atoms. The van der Waals surface area contributed by atoms with Crippen LogP contribution in [0, 0.1) is 0 Å². The maximum atomic E-state index is 11.6. The summed E-state index contributed by atoms with van der Waals surface area (Å²) in [7, 11) is 1.31. The maximum absolute atomic E-state index is 11.6. The molecule has 0 radical (unpaired) electrons. The molecular formula is C14H19ClO5. The largest absolute Gasteiger partial charge is 0.487 e. The van der Waals surface area contributed by atoms with E-state index in [0.717, 1.165) is 0 Å². The number of hydrogen-bond donors (Lipinski definition) is 0. The average molecular weight is 303 g/mol. The predicted molar refractivity (Wildman–Crippen MR) is 75.3 cm³/mol.